The molecule has 0 bridgehead atoms. The van der Waals surface area contributed by atoms with Crippen LogP contribution in [0.3, 0.4) is 0 Å². The molecule has 6 heteroatoms. The van der Waals surface area contributed by atoms with E-state index in [-0.39, 0.29) is 25.2 Å². The van der Waals surface area contributed by atoms with Crippen molar-refractivity contribution in [3.8, 4) is 0 Å². The summed E-state index contributed by atoms with van der Waals surface area (Å²) < 4.78 is 29.7. The maximum atomic E-state index is 13.4. The van der Waals surface area contributed by atoms with Gasteiger partial charge < -0.3 is 13.8 Å². The lowest BCUT2D eigenvalue weighted by Gasteiger charge is -2.62. The highest BCUT2D eigenvalue weighted by molar-refractivity contribution is 7.55. The van der Waals surface area contributed by atoms with Gasteiger partial charge in [-0.1, -0.05) is 27.2 Å². The van der Waals surface area contributed by atoms with Crippen molar-refractivity contribution in [2.24, 2.45) is 29.1 Å². The average Bonchev–Trinajstić information content (AvgIpc) is 2.55. The summed E-state index contributed by atoms with van der Waals surface area (Å²) in [7, 11) is -3.54. The summed E-state index contributed by atoms with van der Waals surface area (Å²) in [5.41, 5.74) is -0.677. The van der Waals surface area contributed by atoms with Crippen LogP contribution >= 0.6 is 7.60 Å². The van der Waals surface area contributed by atoms with Gasteiger partial charge in [0, 0.05) is 0 Å². The third-order valence-electron chi connectivity index (χ3n) is 6.63. The molecule has 2 aliphatic rings. The van der Waals surface area contributed by atoms with Gasteiger partial charge in [-0.05, 0) is 69.1 Å². The molecule has 5 atom stereocenters. The summed E-state index contributed by atoms with van der Waals surface area (Å²) in [5.74, 6) is 1.92. The van der Waals surface area contributed by atoms with Crippen molar-refractivity contribution < 1.29 is 23.1 Å². The van der Waals surface area contributed by atoms with Crippen LogP contribution in [0.25, 0.3) is 0 Å². The fraction of sp³-hybridized carbons (Fsp3) is 0.950. The van der Waals surface area contributed by atoms with Gasteiger partial charge in [-0.25, -0.2) is 0 Å². The van der Waals surface area contributed by atoms with E-state index in [1.54, 1.807) is 20.8 Å². The molecule has 0 amide bonds. The van der Waals surface area contributed by atoms with Gasteiger partial charge in [-0.2, -0.15) is 0 Å². The first kappa shape index (κ1) is 21.9. The van der Waals surface area contributed by atoms with Crippen LogP contribution < -0.4 is 0 Å². The van der Waals surface area contributed by atoms with E-state index < -0.39 is 19.2 Å². The van der Waals surface area contributed by atoms with Gasteiger partial charge >= 0.3 is 13.6 Å². The van der Waals surface area contributed by atoms with E-state index in [0.717, 1.165) is 5.92 Å². The zero-order chi connectivity index (χ0) is 19.5. The molecule has 2 fully saturated rings. The summed E-state index contributed by atoms with van der Waals surface area (Å²) in [6, 6.07) is 0. The monoisotopic (exact) mass is 388 g/mol. The van der Waals surface area contributed by atoms with E-state index in [4.69, 9.17) is 13.8 Å². The molecule has 0 radical (unpaired) electrons. The molecular weight excluding hydrogens is 351 g/mol. The Morgan fingerprint density at radius 1 is 1.12 bits per heavy atom. The molecule has 1 unspecified atom stereocenters. The summed E-state index contributed by atoms with van der Waals surface area (Å²) >= 11 is 0. The second-order valence-electron chi connectivity index (χ2n) is 8.50. The van der Waals surface area contributed by atoms with Crippen LogP contribution in [0.5, 0.6) is 0 Å². The Balaban J connectivity index is 2.25. The minimum absolute atomic E-state index is 0.152. The van der Waals surface area contributed by atoms with Gasteiger partial charge in [0.2, 0.25) is 0 Å². The highest BCUT2D eigenvalue weighted by Gasteiger charge is 2.59. The zero-order valence-corrected chi connectivity index (χ0v) is 18.2. The third-order valence-corrected chi connectivity index (χ3v) is 9.05. The third kappa shape index (κ3) is 4.20. The van der Waals surface area contributed by atoms with Crippen molar-refractivity contribution in [3.05, 3.63) is 0 Å². The fourth-order valence-corrected chi connectivity index (χ4v) is 7.36. The molecule has 0 aromatic heterocycles. The Hall–Kier alpha value is -0.380. The molecule has 2 saturated carbocycles. The fourth-order valence-electron chi connectivity index (χ4n) is 5.39. The van der Waals surface area contributed by atoms with E-state index in [9.17, 15) is 9.36 Å². The summed E-state index contributed by atoms with van der Waals surface area (Å²) in [6.07, 6.45) is 4.27. The molecule has 2 rings (SSSR count). The number of carbonyl (C=O) groups is 1. The smallest absolute Gasteiger partial charge is 0.344 e. The Morgan fingerprint density at radius 3 is 2.27 bits per heavy atom. The number of carbonyl (C=O) groups excluding carboxylic acids is 1. The van der Waals surface area contributed by atoms with E-state index in [1.165, 1.54) is 19.3 Å². The Labute approximate surface area is 159 Å². The lowest BCUT2D eigenvalue weighted by Crippen LogP contribution is -2.57. The van der Waals surface area contributed by atoms with E-state index in [2.05, 4.69) is 20.8 Å². The van der Waals surface area contributed by atoms with Gasteiger partial charge in [0.25, 0.3) is 0 Å². The van der Waals surface area contributed by atoms with Crippen LogP contribution in [0.15, 0.2) is 0 Å². The summed E-state index contributed by atoms with van der Waals surface area (Å²) in [6.45, 7) is 13.0. The van der Waals surface area contributed by atoms with Crippen LogP contribution in [0.1, 0.15) is 67.2 Å². The predicted molar refractivity (Wildman–Crippen MR) is 103 cm³/mol. The van der Waals surface area contributed by atoms with Crippen molar-refractivity contribution in [1.29, 1.82) is 0 Å². The molecule has 0 spiro atoms. The Bertz CT molecular complexity index is 522. The predicted octanol–water partition coefficient (Wildman–Crippen LogP) is 5.28. The number of hydrogen-bond donors (Lipinski definition) is 0. The van der Waals surface area contributed by atoms with Gasteiger partial charge in [-0.15, -0.1) is 0 Å². The first-order chi connectivity index (χ1) is 12.2. The van der Waals surface area contributed by atoms with Crippen molar-refractivity contribution in [3.63, 3.8) is 0 Å². The lowest BCUT2D eigenvalue weighted by atomic mass is 9.43. The van der Waals surface area contributed by atoms with Gasteiger partial charge in [0.05, 0.1) is 19.8 Å². The molecule has 0 aliphatic heterocycles. The Morgan fingerprint density at radius 2 is 1.73 bits per heavy atom. The quantitative estimate of drug-likeness (QED) is 0.397. The summed E-state index contributed by atoms with van der Waals surface area (Å²) in [4.78, 5) is 12.7. The number of fused-ring (bicyclic) bond motifs is 1. The Kier molecular flexibility index (Phi) is 7.38. The number of rotatable bonds is 9. The van der Waals surface area contributed by atoms with Crippen molar-refractivity contribution in [2.75, 3.05) is 19.8 Å². The normalized spacial score (nSPS) is 31.6. The van der Waals surface area contributed by atoms with Crippen LogP contribution in [0.4, 0.5) is 0 Å². The maximum absolute atomic E-state index is 13.4. The number of ether oxygens (including phenoxy) is 1. The van der Waals surface area contributed by atoms with E-state index in [0.29, 0.717) is 24.2 Å². The molecule has 26 heavy (non-hydrogen) atoms. The second kappa shape index (κ2) is 8.75. The van der Waals surface area contributed by atoms with Crippen molar-refractivity contribution >= 4 is 13.6 Å². The molecule has 0 aromatic carbocycles. The first-order valence-electron chi connectivity index (χ1n) is 10.3. The van der Waals surface area contributed by atoms with Crippen LogP contribution in [-0.2, 0) is 23.1 Å². The van der Waals surface area contributed by atoms with Gasteiger partial charge in [0.1, 0.15) is 0 Å². The van der Waals surface area contributed by atoms with Crippen LogP contribution in [-0.4, -0.2) is 31.4 Å². The van der Waals surface area contributed by atoms with Crippen molar-refractivity contribution in [1.82, 2.24) is 0 Å². The minimum Gasteiger partial charge on any atom is -0.465 e. The first-order valence-corrected chi connectivity index (χ1v) is 11.9. The topological polar surface area (TPSA) is 61.8 Å². The van der Waals surface area contributed by atoms with Crippen LogP contribution in [0.2, 0.25) is 0 Å². The van der Waals surface area contributed by atoms with Crippen molar-refractivity contribution in [2.45, 2.75) is 72.9 Å². The van der Waals surface area contributed by atoms with Gasteiger partial charge in [-0.3, -0.25) is 9.36 Å². The van der Waals surface area contributed by atoms with Gasteiger partial charge in [0.15, 0.2) is 5.66 Å². The molecule has 0 saturated heterocycles. The molecular formula is C20H37O5P. The highest BCUT2D eigenvalue weighted by atomic mass is 31.2. The molecule has 2 aliphatic carbocycles. The van der Waals surface area contributed by atoms with E-state index >= 15 is 0 Å². The van der Waals surface area contributed by atoms with Crippen LogP contribution in [0, 0.1) is 29.1 Å². The van der Waals surface area contributed by atoms with E-state index in [1.807, 2.05) is 0 Å². The number of esters is 1. The molecule has 5 nitrogen and oxygen atoms in total. The molecule has 152 valence electrons. The lowest BCUT2D eigenvalue weighted by molar-refractivity contribution is -0.152. The SMILES string of the molecule is CCOC(=O)C(C[C@H]1[C@H]2C[C@@H](C)CC[C@H]2C1(C)C)P(=O)(OCC)OCC. The second-order valence-corrected chi connectivity index (χ2v) is 10.7. The standard InChI is InChI=1S/C20H37O5P/c1-7-23-19(21)18(26(22,24-8-2)25-9-3)13-17-15-12-14(4)10-11-16(15)20(17,5)6/h14-18H,7-13H2,1-6H3/t14-,15-,16+,17-,18?/m0/s1. The maximum Gasteiger partial charge on any atom is 0.344 e. The highest BCUT2D eigenvalue weighted by Crippen LogP contribution is 2.66. The molecule has 0 N–H and O–H groups in total. The zero-order valence-electron chi connectivity index (χ0n) is 17.3. The number of hydrogen-bond acceptors (Lipinski definition) is 5. The largest absolute Gasteiger partial charge is 0.465 e. The molecule has 0 heterocycles. The average molecular weight is 388 g/mol. The molecule has 0 aromatic rings. The minimum atomic E-state index is -3.54. The summed E-state index contributed by atoms with van der Waals surface area (Å²) in [5, 5.41) is 0.